The van der Waals surface area contributed by atoms with Gasteiger partial charge < -0.3 is 33.5 Å². The summed E-state index contributed by atoms with van der Waals surface area (Å²) >= 11 is -0.472. The van der Waals surface area contributed by atoms with Gasteiger partial charge in [0.25, 0.3) is 0 Å². The molecule has 1 aliphatic rings. The summed E-state index contributed by atoms with van der Waals surface area (Å²) in [5, 5.41) is 22.1. The van der Waals surface area contributed by atoms with Crippen molar-refractivity contribution in [2.75, 3.05) is 0 Å². The van der Waals surface area contributed by atoms with E-state index in [1.807, 2.05) is 27.7 Å². The van der Waals surface area contributed by atoms with Gasteiger partial charge in [0.1, 0.15) is 0 Å². The summed E-state index contributed by atoms with van der Waals surface area (Å²) in [7, 11) is 9.75. The van der Waals surface area contributed by atoms with Gasteiger partial charge >= 0.3 is 47.5 Å². The monoisotopic (exact) mass is 722 g/mol. The third-order valence-electron chi connectivity index (χ3n) is 4.74. The number of amides is 2. The van der Waals surface area contributed by atoms with Gasteiger partial charge in [-0.3, -0.25) is 0 Å². The normalized spacial score (nSPS) is 18.5. The molecule has 10 heteroatoms. The zero-order valence-electron chi connectivity index (χ0n) is 23.4. The molecule has 2 amide bonds. The van der Waals surface area contributed by atoms with Crippen molar-refractivity contribution in [1.29, 1.82) is 0 Å². The summed E-state index contributed by atoms with van der Waals surface area (Å²) in [6.07, 6.45) is 4.54. The maximum atomic E-state index is 10.4. The Morgan fingerprint density at radius 1 is 0.829 bits per heavy atom. The molecule has 1 rings (SSSR count). The van der Waals surface area contributed by atoms with Gasteiger partial charge in [-0.15, -0.1) is 0 Å². The van der Waals surface area contributed by atoms with E-state index >= 15 is 0 Å². The molecule has 35 heavy (non-hydrogen) atoms. The molecule has 7 nitrogen and oxygen atoms in total. The second-order valence-corrected chi connectivity index (χ2v) is 16.1. The summed E-state index contributed by atoms with van der Waals surface area (Å²) in [5.41, 5.74) is 7.02. The number of carboxylic acid groups (broad SMARTS) is 2. The van der Waals surface area contributed by atoms with Crippen LogP contribution in [0.2, 0.25) is 0 Å². The van der Waals surface area contributed by atoms with E-state index in [1.54, 1.807) is 0 Å². The van der Waals surface area contributed by atoms with Gasteiger partial charge in [-0.05, 0) is 51.4 Å². The average Bonchev–Trinajstić information content (AvgIpc) is 2.52. The Hall–Kier alpha value is -0.232. The van der Waals surface area contributed by atoms with Crippen molar-refractivity contribution in [3.8, 4) is 0 Å². The van der Waals surface area contributed by atoms with Crippen LogP contribution in [-0.4, -0.2) is 39.5 Å². The molecule has 0 aromatic rings. The van der Waals surface area contributed by atoms with Gasteiger partial charge in [-0.25, -0.2) is 9.59 Å². The Morgan fingerprint density at radius 3 is 1.29 bits per heavy atom. The Balaban J connectivity index is -0.000000421. The van der Waals surface area contributed by atoms with Crippen LogP contribution in [0.1, 0.15) is 108 Å². The van der Waals surface area contributed by atoms with Crippen LogP contribution < -0.4 is 10.6 Å². The molecule has 2 atom stereocenters. The first-order valence-electron chi connectivity index (χ1n) is 11.9. The van der Waals surface area contributed by atoms with Gasteiger partial charge in [0, 0.05) is 11.1 Å². The van der Waals surface area contributed by atoms with E-state index in [0.29, 0.717) is 5.92 Å². The Kier molecular flexibility index (Phi) is 20.3. The van der Waals surface area contributed by atoms with Crippen LogP contribution in [0.4, 0.5) is 9.59 Å². The molecule has 0 aromatic heterocycles. The van der Waals surface area contributed by atoms with E-state index in [-0.39, 0.29) is 27.9 Å². The van der Waals surface area contributed by atoms with Gasteiger partial charge in [-0.1, -0.05) is 67.2 Å². The Morgan fingerprint density at radius 2 is 1.11 bits per heavy atom. The van der Waals surface area contributed by atoms with Crippen molar-refractivity contribution in [1.82, 2.24) is 10.6 Å². The summed E-state index contributed by atoms with van der Waals surface area (Å²) in [5.74, 6) is 0.420. The SMILES string of the molecule is CC(C)(C)CC(C)(C)NC(=O)O.CC(C)(C)CC(C)(C)NC(=O)O.[CH2-][C@@H]1CCCC[C@H]1[NH-].[Cl][Pt+2][Cl]. The first-order chi connectivity index (χ1) is 15.5. The fourth-order valence-corrected chi connectivity index (χ4v) is 4.53. The molecule has 1 saturated carbocycles. The van der Waals surface area contributed by atoms with Crippen molar-refractivity contribution >= 4 is 31.0 Å². The standard InChI is InChI=1S/2C9H19NO2.C7H13N.2ClH.Pt/c2*1-8(2,3)6-9(4,5)10-7(11)12;1-6-4-2-3-5-7(6)8;;;/h2*10H,6H2,1-5H3,(H,11,12);6-8H,1-5H2;2*1H;/q;;-2;;;+4/p-2/t;;6-,7-;;;/m..1.../s1. The van der Waals surface area contributed by atoms with Gasteiger partial charge in [0.2, 0.25) is 0 Å². The van der Waals surface area contributed by atoms with Crippen LogP contribution in [0.5, 0.6) is 0 Å². The first-order valence-corrected chi connectivity index (χ1v) is 17.5. The third-order valence-corrected chi connectivity index (χ3v) is 4.74. The molecule has 0 heterocycles. The van der Waals surface area contributed by atoms with Gasteiger partial charge in [-0.2, -0.15) is 12.0 Å². The molecule has 0 saturated heterocycles. The Bertz CT molecular complexity index is 542. The minimum atomic E-state index is -0.954. The van der Waals surface area contributed by atoms with Crippen molar-refractivity contribution in [3.05, 3.63) is 12.7 Å². The number of nitrogens with one attached hydrogen (secondary N) is 3. The molecule has 0 spiro atoms. The number of hydrogen-bond donors (Lipinski definition) is 4. The van der Waals surface area contributed by atoms with Crippen LogP contribution >= 0.6 is 18.8 Å². The summed E-state index contributed by atoms with van der Waals surface area (Å²) in [4.78, 5) is 20.8. The van der Waals surface area contributed by atoms with Crippen molar-refractivity contribution in [2.24, 2.45) is 16.7 Å². The molecule has 0 radical (unpaired) electrons. The average molecular weight is 724 g/mol. The predicted molar refractivity (Wildman–Crippen MR) is 146 cm³/mol. The van der Waals surface area contributed by atoms with Gasteiger partial charge in [0.15, 0.2) is 0 Å². The predicted octanol–water partition coefficient (Wildman–Crippen LogP) is 8.75. The summed E-state index contributed by atoms with van der Waals surface area (Å²) in [6, 6.07) is 0.142. The van der Waals surface area contributed by atoms with Crippen LogP contribution in [-0.2, 0) is 16.5 Å². The molecule has 1 aliphatic carbocycles. The van der Waals surface area contributed by atoms with E-state index in [0.717, 1.165) is 19.3 Å². The maximum absolute atomic E-state index is 10.4. The van der Waals surface area contributed by atoms with Crippen molar-refractivity contribution < 1.29 is 36.3 Å². The molecule has 214 valence electrons. The van der Waals surface area contributed by atoms with E-state index in [2.05, 4.69) is 59.1 Å². The molecule has 0 aromatic carbocycles. The fourth-order valence-electron chi connectivity index (χ4n) is 4.53. The zero-order valence-corrected chi connectivity index (χ0v) is 27.2. The van der Waals surface area contributed by atoms with Crippen LogP contribution in [0, 0.1) is 23.7 Å². The number of rotatable bonds is 4. The molecule has 1 fully saturated rings. The number of halogens is 2. The second-order valence-electron chi connectivity index (χ2n) is 12.8. The topological polar surface area (TPSA) is 122 Å². The molecule has 5 N–H and O–H groups in total. The molecular weight excluding hydrogens is 672 g/mol. The minimum absolute atomic E-state index is 0.142. The molecule has 0 aliphatic heterocycles. The molecule has 0 bridgehead atoms. The molecule has 0 unspecified atom stereocenters. The third kappa shape index (κ3) is 31.7. The van der Waals surface area contributed by atoms with E-state index in [4.69, 9.17) is 34.8 Å². The van der Waals surface area contributed by atoms with Crippen molar-refractivity contribution in [2.45, 2.75) is 125 Å². The zero-order chi connectivity index (χ0) is 28.7. The quantitative estimate of drug-likeness (QED) is 0.217. The number of carbonyl (C=O) groups is 2. The fraction of sp³-hybridized carbons (Fsp3) is 0.880. The Labute approximate surface area is 231 Å². The van der Waals surface area contributed by atoms with Crippen LogP contribution in [0.3, 0.4) is 0 Å². The van der Waals surface area contributed by atoms with E-state index in [9.17, 15) is 9.59 Å². The van der Waals surface area contributed by atoms with Crippen LogP contribution in [0.15, 0.2) is 0 Å². The van der Waals surface area contributed by atoms with Gasteiger partial charge in [0.05, 0.1) is 0 Å². The first kappa shape index (κ1) is 39.3. The molecular formula is C25H51Cl2N3O4Pt. The second kappa shape index (κ2) is 18.1. The van der Waals surface area contributed by atoms with E-state index in [1.165, 1.54) is 19.3 Å². The summed E-state index contributed by atoms with van der Waals surface area (Å²) in [6.45, 7) is 24.0. The van der Waals surface area contributed by atoms with Crippen molar-refractivity contribution in [3.63, 3.8) is 0 Å². The van der Waals surface area contributed by atoms with Crippen LogP contribution in [0.25, 0.3) is 5.73 Å². The van der Waals surface area contributed by atoms with E-state index < -0.39 is 28.7 Å². The summed E-state index contributed by atoms with van der Waals surface area (Å²) < 4.78 is 0. The number of hydrogen-bond acceptors (Lipinski definition) is 2.